The van der Waals surface area contributed by atoms with E-state index in [0.717, 1.165) is 11.3 Å². The molecule has 0 aromatic heterocycles. The molecular weight excluding hydrogens is 443 g/mol. The van der Waals surface area contributed by atoms with E-state index in [-0.39, 0.29) is 41.3 Å². The van der Waals surface area contributed by atoms with Crippen molar-refractivity contribution in [2.75, 3.05) is 27.2 Å². The van der Waals surface area contributed by atoms with Gasteiger partial charge in [0, 0.05) is 31.1 Å². The number of benzene rings is 1. The Bertz CT molecular complexity index is 612. The summed E-state index contributed by atoms with van der Waals surface area (Å²) in [6.07, 6.45) is 0. The van der Waals surface area contributed by atoms with Crippen LogP contribution in [0.3, 0.4) is 0 Å². The second kappa shape index (κ2) is 11.3. The molecule has 6 nitrogen and oxygen atoms in total. The second-order valence-electron chi connectivity index (χ2n) is 7.12. The van der Waals surface area contributed by atoms with E-state index in [0.29, 0.717) is 19.0 Å². The third-order valence-electron chi connectivity index (χ3n) is 3.81. The number of halogens is 1. The van der Waals surface area contributed by atoms with E-state index in [1.54, 1.807) is 14.2 Å². The maximum absolute atomic E-state index is 11.8. The first kappa shape index (κ1) is 24.5. The molecule has 0 aliphatic carbocycles. The van der Waals surface area contributed by atoms with Gasteiger partial charge in [-0.3, -0.25) is 9.79 Å². The first-order chi connectivity index (χ1) is 11.7. The van der Waals surface area contributed by atoms with E-state index in [9.17, 15) is 4.79 Å². The Morgan fingerprint density at radius 2 is 1.85 bits per heavy atom. The van der Waals surface area contributed by atoms with Crippen LogP contribution in [0.5, 0.6) is 5.75 Å². The summed E-state index contributed by atoms with van der Waals surface area (Å²) in [5.41, 5.74) is 1.87. The molecule has 0 aliphatic rings. The number of methoxy groups -OCH3 is 1. The molecule has 148 valence electrons. The number of ether oxygens (including phenoxy) is 1. The van der Waals surface area contributed by atoms with Gasteiger partial charge in [0.1, 0.15) is 5.75 Å². The number of nitrogens with one attached hydrogen (secondary N) is 3. The van der Waals surface area contributed by atoms with Gasteiger partial charge in [-0.25, -0.2) is 0 Å². The summed E-state index contributed by atoms with van der Waals surface area (Å²) < 4.78 is 5.45. The van der Waals surface area contributed by atoms with E-state index in [2.05, 4.69) is 40.9 Å². The molecule has 1 rings (SSSR count). The number of aliphatic imine (C=N–C) groups is 1. The van der Waals surface area contributed by atoms with Crippen molar-refractivity contribution in [2.24, 2.45) is 10.4 Å². The van der Waals surface area contributed by atoms with Crippen LogP contribution in [-0.4, -0.2) is 39.1 Å². The molecule has 7 heteroatoms. The van der Waals surface area contributed by atoms with Crippen molar-refractivity contribution >= 4 is 35.8 Å². The van der Waals surface area contributed by atoms with Gasteiger partial charge in [0.25, 0.3) is 0 Å². The van der Waals surface area contributed by atoms with Gasteiger partial charge < -0.3 is 20.7 Å². The van der Waals surface area contributed by atoms with Crippen molar-refractivity contribution < 1.29 is 9.53 Å². The van der Waals surface area contributed by atoms with Gasteiger partial charge in [-0.15, -0.1) is 24.0 Å². The fourth-order valence-electron chi connectivity index (χ4n) is 2.29. The van der Waals surface area contributed by atoms with E-state index >= 15 is 0 Å². The average Bonchev–Trinajstić information content (AvgIpc) is 2.56. The van der Waals surface area contributed by atoms with Crippen LogP contribution in [0.25, 0.3) is 0 Å². The number of nitrogens with zero attached hydrogens (tertiary/aromatic N) is 1. The standard InChI is InChI=1S/C19H32N4O2.HI/c1-13-8-9-16(25-7)15(12-13)14(2)23-18(20-6)22-11-10-21-17(24)19(3,4)5;/h8-9,12,14H,10-11H2,1-7H3,(H,21,24)(H2,20,22,23);1H. The number of rotatable bonds is 6. The SMILES string of the molecule is CN=C(NCCNC(=O)C(C)(C)C)NC(C)c1cc(C)ccc1OC.I. The van der Waals surface area contributed by atoms with E-state index < -0.39 is 0 Å². The maximum Gasteiger partial charge on any atom is 0.225 e. The summed E-state index contributed by atoms with van der Waals surface area (Å²) in [6.45, 7) is 10.9. The fourth-order valence-corrected chi connectivity index (χ4v) is 2.29. The zero-order valence-corrected chi connectivity index (χ0v) is 19.2. The number of carbonyl (C=O) groups excluding carboxylic acids is 1. The third kappa shape index (κ3) is 7.80. The molecule has 0 heterocycles. The number of carbonyl (C=O) groups is 1. The Hall–Kier alpha value is -1.51. The summed E-state index contributed by atoms with van der Waals surface area (Å²) in [7, 11) is 3.40. The van der Waals surface area contributed by atoms with E-state index in [1.165, 1.54) is 5.56 Å². The van der Waals surface area contributed by atoms with Gasteiger partial charge in [-0.2, -0.15) is 0 Å². The summed E-state index contributed by atoms with van der Waals surface area (Å²) >= 11 is 0. The Morgan fingerprint density at radius 3 is 2.38 bits per heavy atom. The van der Waals surface area contributed by atoms with Crippen LogP contribution in [0.15, 0.2) is 23.2 Å². The van der Waals surface area contributed by atoms with Crippen LogP contribution in [0.4, 0.5) is 0 Å². The Labute approximate surface area is 174 Å². The lowest BCUT2D eigenvalue weighted by molar-refractivity contribution is -0.128. The number of guanidine groups is 1. The van der Waals surface area contributed by atoms with Crippen LogP contribution >= 0.6 is 24.0 Å². The van der Waals surface area contributed by atoms with Crippen molar-refractivity contribution in [3.05, 3.63) is 29.3 Å². The van der Waals surface area contributed by atoms with Crippen LogP contribution in [0, 0.1) is 12.3 Å². The first-order valence-electron chi connectivity index (χ1n) is 8.59. The molecule has 1 atom stereocenters. The highest BCUT2D eigenvalue weighted by Gasteiger charge is 2.20. The quantitative estimate of drug-likeness (QED) is 0.256. The third-order valence-corrected chi connectivity index (χ3v) is 3.81. The summed E-state index contributed by atoms with van der Waals surface area (Å²) in [4.78, 5) is 16.1. The summed E-state index contributed by atoms with van der Waals surface area (Å²) in [5, 5.41) is 9.47. The van der Waals surface area contributed by atoms with Crippen LogP contribution in [0.1, 0.15) is 44.9 Å². The number of aryl methyl sites for hydroxylation is 1. The van der Waals surface area contributed by atoms with Crippen molar-refractivity contribution in [1.82, 2.24) is 16.0 Å². The fraction of sp³-hybridized carbons (Fsp3) is 0.579. The molecule has 26 heavy (non-hydrogen) atoms. The highest BCUT2D eigenvalue weighted by molar-refractivity contribution is 14.0. The topological polar surface area (TPSA) is 74.8 Å². The normalized spacial score (nSPS) is 12.7. The van der Waals surface area contributed by atoms with Gasteiger partial charge in [0.2, 0.25) is 5.91 Å². The molecule has 0 spiro atoms. The van der Waals surface area contributed by atoms with Crippen molar-refractivity contribution in [3.8, 4) is 5.75 Å². The van der Waals surface area contributed by atoms with E-state index in [1.807, 2.05) is 32.9 Å². The minimum atomic E-state index is -0.379. The van der Waals surface area contributed by atoms with Crippen LogP contribution in [0.2, 0.25) is 0 Å². The smallest absolute Gasteiger partial charge is 0.225 e. The van der Waals surface area contributed by atoms with Gasteiger partial charge in [0.15, 0.2) is 5.96 Å². The minimum absolute atomic E-state index is 0. The van der Waals surface area contributed by atoms with Gasteiger partial charge in [-0.1, -0.05) is 38.5 Å². The largest absolute Gasteiger partial charge is 0.496 e. The zero-order valence-electron chi connectivity index (χ0n) is 16.9. The predicted molar refractivity (Wildman–Crippen MR) is 119 cm³/mol. The highest BCUT2D eigenvalue weighted by atomic mass is 127. The predicted octanol–water partition coefficient (Wildman–Crippen LogP) is 3.01. The molecule has 0 radical (unpaired) electrons. The van der Waals surface area contributed by atoms with Crippen molar-refractivity contribution in [2.45, 2.75) is 40.7 Å². The van der Waals surface area contributed by atoms with Crippen LogP contribution < -0.4 is 20.7 Å². The Morgan fingerprint density at radius 1 is 1.23 bits per heavy atom. The van der Waals surface area contributed by atoms with E-state index in [4.69, 9.17) is 4.74 Å². The molecule has 0 saturated heterocycles. The number of hydrogen-bond acceptors (Lipinski definition) is 3. The molecule has 0 aliphatic heterocycles. The van der Waals surface area contributed by atoms with Gasteiger partial charge >= 0.3 is 0 Å². The molecule has 0 saturated carbocycles. The maximum atomic E-state index is 11.8. The monoisotopic (exact) mass is 476 g/mol. The zero-order chi connectivity index (χ0) is 19.0. The number of amides is 1. The first-order valence-corrected chi connectivity index (χ1v) is 8.59. The molecule has 0 bridgehead atoms. The molecule has 1 unspecified atom stereocenters. The van der Waals surface area contributed by atoms with Crippen molar-refractivity contribution in [1.29, 1.82) is 0 Å². The minimum Gasteiger partial charge on any atom is -0.496 e. The summed E-state index contributed by atoms with van der Waals surface area (Å²) in [5.74, 6) is 1.56. The lowest BCUT2D eigenvalue weighted by Crippen LogP contribution is -2.44. The van der Waals surface area contributed by atoms with Crippen LogP contribution in [-0.2, 0) is 4.79 Å². The van der Waals surface area contributed by atoms with Gasteiger partial charge in [-0.05, 0) is 19.9 Å². The summed E-state index contributed by atoms with van der Waals surface area (Å²) in [6, 6.07) is 6.14. The molecule has 0 fully saturated rings. The molecular formula is C19H33IN4O2. The lowest BCUT2D eigenvalue weighted by atomic mass is 9.96. The Kier molecular flexibility index (Phi) is 10.6. The van der Waals surface area contributed by atoms with Crippen molar-refractivity contribution in [3.63, 3.8) is 0 Å². The molecule has 3 N–H and O–H groups in total. The Balaban J connectivity index is 0.00000625. The lowest BCUT2D eigenvalue weighted by Gasteiger charge is -2.21. The number of hydrogen-bond donors (Lipinski definition) is 3. The molecule has 1 amide bonds. The average molecular weight is 476 g/mol. The van der Waals surface area contributed by atoms with Gasteiger partial charge in [0.05, 0.1) is 13.2 Å². The molecule has 1 aromatic rings. The highest BCUT2D eigenvalue weighted by Crippen LogP contribution is 2.25. The molecule has 1 aromatic carbocycles. The second-order valence-corrected chi connectivity index (χ2v) is 7.12.